The van der Waals surface area contributed by atoms with Crippen LogP contribution in [0.2, 0.25) is 0 Å². The molecule has 0 spiro atoms. The Morgan fingerprint density at radius 1 is 1.19 bits per heavy atom. The van der Waals surface area contributed by atoms with Crippen LogP contribution < -0.4 is 0 Å². The molecule has 0 aliphatic carbocycles. The summed E-state index contributed by atoms with van der Waals surface area (Å²) < 4.78 is 1.18. The second-order valence-corrected chi connectivity index (χ2v) is 4.84. The Morgan fingerprint density at radius 2 is 1.94 bits per heavy atom. The Labute approximate surface area is 104 Å². The minimum atomic E-state index is 0.956. The third-order valence-electron chi connectivity index (χ3n) is 2.77. The number of aryl methyl sites for hydroxylation is 4. The molecule has 1 aromatic carbocycles. The lowest BCUT2D eigenvalue weighted by Gasteiger charge is -2.02. The van der Waals surface area contributed by atoms with Gasteiger partial charge in [0, 0.05) is 16.6 Å². The summed E-state index contributed by atoms with van der Waals surface area (Å²) in [4.78, 5) is 7.79. The van der Waals surface area contributed by atoms with E-state index in [0.717, 1.165) is 24.4 Å². The van der Waals surface area contributed by atoms with E-state index >= 15 is 0 Å². The molecule has 2 aromatic rings. The summed E-state index contributed by atoms with van der Waals surface area (Å²) >= 11 is 3.56. The monoisotopic (exact) mass is 278 g/mol. The molecule has 84 valence electrons. The number of nitrogens with zero attached hydrogens (tertiary/aromatic N) is 1. The highest BCUT2D eigenvalue weighted by Crippen LogP contribution is 2.17. The smallest absolute Gasteiger partial charge is 0.106 e. The molecule has 1 N–H and O–H groups in total. The minimum Gasteiger partial charge on any atom is -0.346 e. The SMILES string of the molecule is Cc1nc(CCc2ccccc2Br)[nH]c1C. The molecular formula is C13H15BrN2. The standard InChI is InChI=1S/C13H15BrN2/c1-9-10(2)16-13(15-9)8-7-11-5-3-4-6-12(11)14/h3-6H,7-8H2,1-2H3,(H,15,16). The number of nitrogens with one attached hydrogen (secondary N) is 1. The zero-order valence-electron chi connectivity index (χ0n) is 9.55. The van der Waals surface area contributed by atoms with Gasteiger partial charge in [0.2, 0.25) is 0 Å². The highest BCUT2D eigenvalue weighted by Gasteiger charge is 2.04. The fourth-order valence-corrected chi connectivity index (χ4v) is 2.18. The number of benzene rings is 1. The molecule has 0 saturated carbocycles. The van der Waals surface area contributed by atoms with Crippen molar-refractivity contribution in [3.63, 3.8) is 0 Å². The summed E-state index contributed by atoms with van der Waals surface area (Å²) in [7, 11) is 0. The molecule has 3 heteroatoms. The fourth-order valence-electron chi connectivity index (χ4n) is 1.69. The van der Waals surface area contributed by atoms with Gasteiger partial charge in [0.1, 0.15) is 5.82 Å². The van der Waals surface area contributed by atoms with Crippen LogP contribution in [-0.2, 0) is 12.8 Å². The lowest BCUT2D eigenvalue weighted by molar-refractivity contribution is 0.875. The van der Waals surface area contributed by atoms with Crippen LogP contribution in [0, 0.1) is 13.8 Å². The van der Waals surface area contributed by atoms with Gasteiger partial charge in [-0.25, -0.2) is 4.98 Å². The van der Waals surface area contributed by atoms with Crippen LogP contribution in [0.25, 0.3) is 0 Å². The third-order valence-corrected chi connectivity index (χ3v) is 3.54. The third kappa shape index (κ3) is 2.53. The molecule has 1 heterocycles. The Kier molecular flexibility index (Phi) is 3.44. The molecule has 0 atom stereocenters. The van der Waals surface area contributed by atoms with Crippen molar-refractivity contribution in [1.82, 2.24) is 9.97 Å². The topological polar surface area (TPSA) is 28.7 Å². The number of imidazole rings is 1. The van der Waals surface area contributed by atoms with Gasteiger partial charge in [-0.2, -0.15) is 0 Å². The van der Waals surface area contributed by atoms with E-state index in [0.29, 0.717) is 0 Å². The number of aromatic nitrogens is 2. The molecule has 0 amide bonds. The number of halogens is 1. The first kappa shape index (κ1) is 11.4. The van der Waals surface area contributed by atoms with E-state index in [9.17, 15) is 0 Å². The minimum absolute atomic E-state index is 0.956. The van der Waals surface area contributed by atoms with E-state index in [1.807, 2.05) is 13.0 Å². The highest BCUT2D eigenvalue weighted by atomic mass is 79.9. The quantitative estimate of drug-likeness (QED) is 0.914. The Balaban J connectivity index is 2.05. The van der Waals surface area contributed by atoms with Gasteiger partial charge in [0.15, 0.2) is 0 Å². The van der Waals surface area contributed by atoms with Crippen LogP contribution >= 0.6 is 15.9 Å². The van der Waals surface area contributed by atoms with E-state index in [1.165, 1.54) is 15.7 Å². The maximum atomic E-state index is 4.48. The van der Waals surface area contributed by atoms with Crippen LogP contribution in [0.5, 0.6) is 0 Å². The Hall–Kier alpha value is -1.09. The Morgan fingerprint density at radius 3 is 2.56 bits per heavy atom. The van der Waals surface area contributed by atoms with Gasteiger partial charge < -0.3 is 4.98 Å². The predicted octanol–water partition coefficient (Wildman–Crippen LogP) is 3.57. The highest BCUT2D eigenvalue weighted by molar-refractivity contribution is 9.10. The van der Waals surface area contributed by atoms with Crippen molar-refractivity contribution >= 4 is 15.9 Å². The summed E-state index contributed by atoms with van der Waals surface area (Å²) in [5.74, 6) is 1.07. The van der Waals surface area contributed by atoms with Crippen molar-refractivity contribution in [2.45, 2.75) is 26.7 Å². The van der Waals surface area contributed by atoms with Crippen LogP contribution in [0.4, 0.5) is 0 Å². The van der Waals surface area contributed by atoms with Gasteiger partial charge in [0.25, 0.3) is 0 Å². The van der Waals surface area contributed by atoms with E-state index in [2.05, 4.69) is 51.0 Å². The first-order valence-corrected chi connectivity index (χ1v) is 6.21. The van der Waals surface area contributed by atoms with Crippen LogP contribution in [0.15, 0.2) is 28.7 Å². The van der Waals surface area contributed by atoms with E-state index in [4.69, 9.17) is 0 Å². The summed E-state index contributed by atoms with van der Waals surface area (Å²) in [5, 5.41) is 0. The van der Waals surface area contributed by atoms with E-state index < -0.39 is 0 Å². The normalized spacial score (nSPS) is 10.7. The van der Waals surface area contributed by atoms with Gasteiger partial charge in [-0.3, -0.25) is 0 Å². The number of rotatable bonds is 3. The summed E-state index contributed by atoms with van der Waals surface area (Å²) in [6.45, 7) is 4.10. The molecule has 0 fully saturated rings. The zero-order chi connectivity index (χ0) is 11.5. The van der Waals surface area contributed by atoms with Crippen molar-refractivity contribution in [1.29, 1.82) is 0 Å². The number of hydrogen-bond acceptors (Lipinski definition) is 1. The van der Waals surface area contributed by atoms with Gasteiger partial charge in [0.05, 0.1) is 5.69 Å². The number of hydrogen-bond donors (Lipinski definition) is 1. The van der Waals surface area contributed by atoms with Crippen LogP contribution in [0.3, 0.4) is 0 Å². The summed E-state index contributed by atoms with van der Waals surface area (Å²) in [6.07, 6.45) is 1.96. The molecule has 2 nitrogen and oxygen atoms in total. The van der Waals surface area contributed by atoms with Crippen molar-refractivity contribution in [3.8, 4) is 0 Å². The van der Waals surface area contributed by atoms with Gasteiger partial charge in [-0.15, -0.1) is 0 Å². The van der Waals surface area contributed by atoms with Crippen LogP contribution in [0.1, 0.15) is 22.8 Å². The average Bonchev–Trinajstić information content (AvgIpc) is 2.57. The molecule has 16 heavy (non-hydrogen) atoms. The number of aromatic amines is 1. The maximum Gasteiger partial charge on any atom is 0.106 e. The van der Waals surface area contributed by atoms with Crippen molar-refractivity contribution < 1.29 is 0 Å². The number of H-pyrrole nitrogens is 1. The first-order chi connectivity index (χ1) is 7.66. The molecule has 0 bridgehead atoms. The molecule has 0 radical (unpaired) electrons. The largest absolute Gasteiger partial charge is 0.346 e. The van der Waals surface area contributed by atoms with Crippen molar-refractivity contribution in [3.05, 3.63) is 51.5 Å². The average molecular weight is 279 g/mol. The molecular weight excluding hydrogens is 264 g/mol. The molecule has 0 aliphatic heterocycles. The first-order valence-electron chi connectivity index (χ1n) is 5.42. The van der Waals surface area contributed by atoms with Crippen LogP contribution in [-0.4, -0.2) is 9.97 Å². The van der Waals surface area contributed by atoms with Gasteiger partial charge in [-0.05, 0) is 31.9 Å². The predicted molar refractivity (Wildman–Crippen MR) is 69.6 cm³/mol. The maximum absolute atomic E-state index is 4.48. The zero-order valence-corrected chi connectivity index (χ0v) is 11.1. The molecule has 0 saturated heterocycles. The lowest BCUT2D eigenvalue weighted by atomic mass is 10.1. The van der Waals surface area contributed by atoms with E-state index in [1.54, 1.807) is 0 Å². The molecule has 0 unspecified atom stereocenters. The summed E-state index contributed by atoms with van der Waals surface area (Å²) in [6, 6.07) is 8.33. The summed E-state index contributed by atoms with van der Waals surface area (Å²) in [5.41, 5.74) is 3.60. The molecule has 1 aromatic heterocycles. The fraction of sp³-hybridized carbons (Fsp3) is 0.308. The van der Waals surface area contributed by atoms with E-state index in [-0.39, 0.29) is 0 Å². The second kappa shape index (κ2) is 4.83. The lowest BCUT2D eigenvalue weighted by Crippen LogP contribution is -1.94. The second-order valence-electron chi connectivity index (χ2n) is 3.99. The Bertz CT molecular complexity index is 469. The van der Waals surface area contributed by atoms with Gasteiger partial charge >= 0.3 is 0 Å². The van der Waals surface area contributed by atoms with Crippen molar-refractivity contribution in [2.75, 3.05) is 0 Å². The molecule has 2 rings (SSSR count). The van der Waals surface area contributed by atoms with Gasteiger partial charge in [-0.1, -0.05) is 34.1 Å². The molecule has 0 aliphatic rings. The van der Waals surface area contributed by atoms with Crippen molar-refractivity contribution in [2.24, 2.45) is 0 Å².